The van der Waals surface area contributed by atoms with Gasteiger partial charge in [-0.2, -0.15) is 0 Å². The summed E-state index contributed by atoms with van der Waals surface area (Å²) in [4.78, 5) is 22.4. The molecule has 0 saturated carbocycles. The summed E-state index contributed by atoms with van der Waals surface area (Å²) >= 11 is 0. The van der Waals surface area contributed by atoms with Crippen molar-refractivity contribution >= 4 is 11.8 Å². The molecule has 14 heavy (non-hydrogen) atoms. The first-order valence-corrected chi connectivity index (χ1v) is 4.63. The summed E-state index contributed by atoms with van der Waals surface area (Å²) in [7, 11) is 0. The van der Waals surface area contributed by atoms with Crippen LogP contribution in [0.25, 0.3) is 0 Å². The molecule has 5 nitrogen and oxygen atoms in total. The van der Waals surface area contributed by atoms with Crippen LogP contribution < -0.4 is 16.8 Å². The molecule has 0 aliphatic heterocycles. The lowest BCUT2D eigenvalue weighted by atomic mass is 10.0. The number of hydrogen-bond acceptors (Lipinski definition) is 3. The van der Waals surface area contributed by atoms with E-state index in [0.717, 1.165) is 0 Å². The Morgan fingerprint density at radius 1 is 1.43 bits per heavy atom. The van der Waals surface area contributed by atoms with Crippen LogP contribution in [-0.2, 0) is 9.59 Å². The predicted octanol–water partition coefficient (Wildman–Crippen LogP) is -0.649. The normalized spacial score (nSPS) is 13.4. The van der Waals surface area contributed by atoms with Crippen LogP contribution in [0.4, 0.5) is 0 Å². The molecule has 5 heteroatoms. The minimum absolute atomic E-state index is 0.195. The fourth-order valence-corrected chi connectivity index (χ4v) is 0.874. The Hall–Kier alpha value is -1.10. The van der Waals surface area contributed by atoms with E-state index in [0.29, 0.717) is 13.0 Å². The van der Waals surface area contributed by atoms with Crippen LogP contribution in [0.2, 0.25) is 0 Å². The zero-order chi connectivity index (χ0) is 11.4. The van der Waals surface area contributed by atoms with E-state index in [1.54, 1.807) is 20.8 Å². The van der Waals surface area contributed by atoms with Gasteiger partial charge in [-0.1, -0.05) is 6.92 Å². The molecule has 5 N–H and O–H groups in total. The van der Waals surface area contributed by atoms with E-state index in [1.807, 2.05) is 0 Å². The highest BCUT2D eigenvalue weighted by Crippen LogP contribution is 2.05. The molecule has 0 aromatic rings. The van der Waals surface area contributed by atoms with Gasteiger partial charge in [-0.3, -0.25) is 9.59 Å². The average molecular weight is 201 g/mol. The number of nitrogens with two attached hydrogens (primary N) is 2. The third-order valence-electron chi connectivity index (χ3n) is 2.10. The first-order chi connectivity index (χ1) is 6.31. The van der Waals surface area contributed by atoms with Gasteiger partial charge in [0.15, 0.2) is 0 Å². The maximum absolute atomic E-state index is 11.5. The molecular weight excluding hydrogens is 182 g/mol. The van der Waals surface area contributed by atoms with E-state index in [2.05, 4.69) is 5.32 Å². The highest BCUT2D eigenvalue weighted by Gasteiger charge is 2.28. The van der Waals surface area contributed by atoms with E-state index in [4.69, 9.17) is 11.5 Å². The van der Waals surface area contributed by atoms with Gasteiger partial charge in [0, 0.05) is 5.92 Å². The van der Waals surface area contributed by atoms with Crippen LogP contribution in [0, 0.1) is 5.92 Å². The van der Waals surface area contributed by atoms with Crippen molar-refractivity contribution in [3.8, 4) is 0 Å². The Kier molecular flexibility index (Phi) is 4.56. The van der Waals surface area contributed by atoms with Crippen LogP contribution in [0.15, 0.2) is 0 Å². The molecule has 0 fully saturated rings. The minimum Gasteiger partial charge on any atom is -0.368 e. The van der Waals surface area contributed by atoms with Crippen molar-refractivity contribution in [3.63, 3.8) is 0 Å². The highest BCUT2D eigenvalue weighted by atomic mass is 16.2. The summed E-state index contributed by atoms with van der Waals surface area (Å²) in [5, 5.41) is 2.57. The van der Waals surface area contributed by atoms with Gasteiger partial charge < -0.3 is 16.8 Å². The number of hydrogen-bond donors (Lipinski definition) is 3. The van der Waals surface area contributed by atoms with Gasteiger partial charge in [0.05, 0.1) is 0 Å². The van der Waals surface area contributed by atoms with Crippen LogP contribution in [0.5, 0.6) is 0 Å². The molecule has 0 radical (unpaired) electrons. The number of rotatable bonds is 5. The van der Waals surface area contributed by atoms with E-state index in [-0.39, 0.29) is 11.8 Å². The second-order valence-corrected chi connectivity index (χ2v) is 3.96. The molecule has 1 atom stereocenters. The maximum atomic E-state index is 11.5. The largest absolute Gasteiger partial charge is 0.368 e. The van der Waals surface area contributed by atoms with Crippen LogP contribution in [0.3, 0.4) is 0 Å². The maximum Gasteiger partial charge on any atom is 0.242 e. The smallest absolute Gasteiger partial charge is 0.242 e. The van der Waals surface area contributed by atoms with Gasteiger partial charge in [-0.25, -0.2) is 0 Å². The molecule has 0 saturated heterocycles. The molecule has 0 aliphatic rings. The predicted molar refractivity (Wildman–Crippen MR) is 54.3 cm³/mol. The molecule has 0 rings (SSSR count). The lowest BCUT2D eigenvalue weighted by Crippen LogP contribution is -2.54. The topological polar surface area (TPSA) is 98.2 Å². The van der Waals surface area contributed by atoms with Crippen molar-refractivity contribution in [2.45, 2.75) is 32.7 Å². The van der Waals surface area contributed by atoms with Crippen molar-refractivity contribution in [2.75, 3.05) is 6.54 Å². The quantitative estimate of drug-likeness (QED) is 0.551. The Bertz CT molecular complexity index is 226. The standard InChI is InChI=1S/C9H19N3O2/c1-6(4-5-10)7(13)12-9(2,3)8(11)14/h6H,4-5,10H2,1-3H3,(H2,11,14)(H,12,13). The Morgan fingerprint density at radius 3 is 2.29 bits per heavy atom. The van der Waals surface area contributed by atoms with E-state index in [9.17, 15) is 9.59 Å². The fourth-order valence-electron chi connectivity index (χ4n) is 0.874. The Labute approximate surface area is 84.2 Å². The van der Waals surface area contributed by atoms with Gasteiger partial charge in [0.2, 0.25) is 11.8 Å². The van der Waals surface area contributed by atoms with E-state index < -0.39 is 11.4 Å². The average Bonchev–Trinajstić information content (AvgIpc) is 2.03. The fraction of sp³-hybridized carbons (Fsp3) is 0.778. The molecule has 1 unspecified atom stereocenters. The minimum atomic E-state index is -1.00. The zero-order valence-corrected chi connectivity index (χ0v) is 8.96. The summed E-state index contributed by atoms with van der Waals surface area (Å²) in [6.45, 7) is 5.36. The number of carbonyl (C=O) groups excluding carboxylic acids is 2. The molecule has 0 aromatic heterocycles. The summed E-state index contributed by atoms with van der Waals surface area (Å²) < 4.78 is 0. The number of carbonyl (C=O) groups is 2. The summed E-state index contributed by atoms with van der Waals surface area (Å²) in [6.07, 6.45) is 0.598. The van der Waals surface area contributed by atoms with Gasteiger partial charge in [-0.15, -0.1) is 0 Å². The Morgan fingerprint density at radius 2 is 1.93 bits per heavy atom. The number of nitrogens with one attached hydrogen (secondary N) is 1. The number of amides is 2. The van der Waals surface area contributed by atoms with E-state index in [1.165, 1.54) is 0 Å². The molecule has 0 aliphatic carbocycles. The third-order valence-corrected chi connectivity index (χ3v) is 2.10. The van der Waals surface area contributed by atoms with Gasteiger partial charge >= 0.3 is 0 Å². The first kappa shape index (κ1) is 12.9. The van der Waals surface area contributed by atoms with Crippen LogP contribution in [0.1, 0.15) is 27.2 Å². The summed E-state index contributed by atoms with van der Waals surface area (Å²) in [6, 6.07) is 0. The zero-order valence-electron chi connectivity index (χ0n) is 8.96. The molecule has 2 amide bonds. The summed E-state index contributed by atoms with van der Waals surface area (Å²) in [5.74, 6) is -0.941. The van der Waals surface area contributed by atoms with Crippen molar-refractivity contribution < 1.29 is 9.59 Å². The SMILES string of the molecule is CC(CCN)C(=O)NC(C)(C)C(N)=O. The second kappa shape index (κ2) is 4.95. The van der Waals surface area contributed by atoms with E-state index >= 15 is 0 Å². The van der Waals surface area contributed by atoms with Crippen molar-refractivity contribution in [1.82, 2.24) is 5.32 Å². The van der Waals surface area contributed by atoms with Gasteiger partial charge in [0.1, 0.15) is 5.54 Å². The van der Waals surface area contributed by atoms with Crippen molar-refractivity contribution in [2.24, 2.45) is 17.4 Å². The lowest BCUT2D eigenvalue weighted by molar-refractivity contribution is -0.132. The molecule has 0 aromatic carbocycles. The monoisotopic (exact) mass is 201 g/mol. The summed E-state index contributed by atoms with van der Waals surface area (Å²) in [5.41, 5.74) is 9.43. The number of primary amides is 1. The highest BCUT2D eigenvalue weighted by molar-refractivity contribution is 5.90. The van der Waals surface area contributed by atoms with Crippen LogP contribution >= 0.6 is 0 Å². The third kappa shape index (κ3) is 3.74. The molecule has 82 valence electrons. The molecule has 0 spiro atoms. The molecule has 0 heterocycles. The van der Waals surface area contributed by atoms with Crippen LogP contribution in [-0.4, -0.2) is 23.9 Å². The van der Waals surface area contributed by atoms with Gasteiger partial charge in [-0.05, 0) is 26.8 Å². The first-order valence-electron chi connectivity index (χ1n) is 4.63. The molecule has 0 bridgehead atoms. The van der Waals surface area contributed by atoms with Gasteiger partial charge in [0.25, 0.3) is 0 Å². The Balaban J connectivity index is 4.24. The van der Waals surface area contributed by atoms with Crippen molar-refractivity contribution in [1.29, 1.82) is 0 Å². The molecular formula is C9H19N3O2. The lowest BCUT2D eigenvalue weighted by Gasteiger charge is -2.24. The second-order valence-electron chi connectivity index (χ2n) is 3.96. The van der Waals surface area contributed by atoms with Crippen molar-refractivity contribution in [3.05, 3.63) is 0 Å².